The van der Waals surface area contributed by atoms with Crippen LogP contribution in [-0.4, -0.2) is 75.2 Å². The van der Waals surface area contributed by atoms with Crippen molar-refractivity contribution < 1.29 is 39.3 Å². The Balaban J connectivity index is 2.23. The minimum absolute atomic E-state index is 0.149. The van der Waals surface area contributed by atoms with Crippen molar-refractivity contribution in [2.75, 3.05) is 0 Å². The summed E-state index contributed by atoms with van der Waals surface area (Å²) in [6, 6.07) is 13.1. The lowest BCUT2D eigenvalue weighted by Crippen LogP contribution is -2.57. The van der Waals surface area contributed by atoms with Crippen LogP contribution in [0.4, 0.5) is 0 Å². The number of nitrogens with one attached hydrogen (secondary N) is 4. The van der Waals surface area contributed by atoms with Gasteiger partial charge >= 0.3 is 5.97 Å². The molecule has 7 atom stereocenters. The second-order valence-electron chi connectivity index (χ2n) is 12.6. The summed E-state index contributed by atoms with van der Waals surface area (Å²) in [4.78, 5) is 64.4. The van der Waals surface area contributed by atoms with Crippen LogP contribution in [0.2, 0.25) is 0 Å². The minimum Gasteiger partial charge on any atom is -0.480 e. The maximum atomic E-state index is 13.6. The van der Waals surface area contributed by atoms with Gasteiger partial charge in [-0.25, -0.2) is 4.79 Å². The molecule has 0 saturated heterocycles. The van der Waals surface area contributed by atoms with Crippen LogP contribution in [0, 0.1) is 17.8 Å². The van der Waals surface area contributed by atoms with E-state index in [1.807, 2.05) is 13.0 Å². The Bertz CT molecular complexity index is 1320. The molecule has 12 nitrogen and oxygen atoms in total. The number of aliphatic carboxylic acids is 1. The summed E-state index contributed by atoms with van der Waals surface area (Å²) in [7, 11) is 0. The van der Waals surface area contributed by atoms with Gasteiger partial charge in [-0.1, -0.05) is 109 Å². The second kappa shape index (κ2) is 18.8. The van der Waals surface area contributed by atoms with Crippen molar-refractivity contribution in [2.45, 2.75) is 97.2 Å². The maximum Gasteiger partial charge on any atom is 0.326 e. The van der Waals surface area contributed by atoms with Crippen LogP contribution < -0.4 is 21.3 Å². The third-order valence-electron chi connectivity index (χ3n) is 8.14. The van der Waals surface area contributed by atoms with E-state index in [0.717, 1.165) is 5.56 Å². The largest absolute Gasteiger partial charge is 0.480 e. The van der Waals surface area contributed by atoms with Crippen LogP contribution in [0.25, 0.3) is 0 Å². The second-order valence-corrected chi connectivity index (χ2v) is 12.6. The summed E-state index contributed by atoms with van der Waals surface area (Å²) in [6.07, 6.45) is -2.72. The predicted molar refractivity (Wildman–Crippen MR) is 177 cm³/mol. The SMILES string of the molecule is CCC(C)C(NC(=O)CC(O)C(Cc1ccccc1)NC(=O)C(NC(=O)C(O)c1ccccc1)C(C)C)C(=O)NC(C(=O)O)C(C)C. The zero-order valence-electron chi connectivity index (χ0n) is 28.0. The van der Waals surface area contributed by atoms with Gasteiger partial charge in [-0.05, 0) is 35.3 Å². The molecule has 4 amide bonds. The zero-order valence-corrected chi connectivity index (χ0v) is 28.0. The monoisotopic (exact) mass is 654 g/mol. The first-order chi connectivity index (χ1) is 22.2. The molecule has 47 heavy (non-hydrogen) atoms. The molecule has 0 heterocycles. The van der Waals surface area contributed by atoms with Gasteiger partial charge in [0, 0.05) is 0 Å². The van der Waals surface area contributed by atoms with E-state index in [1.165, 1.54) is 0 Å². The topological polar surface area (TPSA) is 194 Å². The standard InChI is InChI=1S/C35H50N4O8/c1-7-22(6)30(33(44)39-29(21(4)5)35(46)47)37-27(41)19-26(40)25(18-23-14-10-8-11-15-23)36-32(43)28(20(2)3)38-34(45)31(42)24-16-12-9-13-17-24/h8-17,20-22,25-26,28-31,40,42H,7,18-19H2,1-6H3,(H,36,43)(H,37,41)(H,38,45)(H,39,44)(H,46,47). The number of carbonyl (C=O) groups is 5. The quantitative estimate of drug-likeness (QED) is 0.127. The first-order valence-electron chi connectivity index (χ1n) is 16.0. The molecule has 0 radical (unpaired) electrons. The Labute approximate surface area is 276 Å². The predicted octanol–water partition coefficient (Wildman–Crippen LogP) is 2.10. The summed E-state index contributed by atoms with van der Waals surface area (Å²) in [6.45, 7) is 10.4. The van der Waals surface area contributed by atoms with Gasteiger partial charge < -0.3 is 36.6 Å². The molecule has 2 aromatic rings. The van der Waals surface area contributed by atoms with Crippen molar-refractivity contribution in [1.29, 1.82) is 0 Å². The van der Waals surface area contributed by atoms with Crippen molar-refractivity contribution >= 4 is 29.6 Å². The summed E-state index contributed by atoms with van der Waals surface area (Å²) in [5, 5.41) is 41.9. The lowest BCUT2D eigenvalue weighted by molar-refractivity contribution is -0.143. The molecule has 258 valence electrons. The summed E-state index contributed by atoms with van der Waals surface area (Å²) >= 11 is 0. The molecule has 0 bridgehead atoms. The molecule has 0 aliphatic rings. The number of benzene rings is 2. The molecule has 7 N–H and O–H groups in total. The van der Waals surface area contributed by atoms with Crippen LogP contribution in [0.1, 0.15) is 71.6 Å². The van der Waals surface area contributed by atoms with Gasteiger partial charge in [0.15, 0.2) is 6.10 Å². The van der Waals surface area contributed by atoms with Crippen LogP contribution in [-0.2, 0) is 30.4 Å². The van der Waals surface area contributed by atoms with E-state index in [9.17, 15) is 39.3 Å². The Kier molecular flexibility index (Phi) is 15.5. The van der Waals surface area contributed by atoms with E-state index in [0.29, 0.717) is 12.0 Å². The van der Waals surface area contributed by atoms with E-state index in [-0.39, 0.29) is 12.3 Å². The fraction of sp³-hybridized carbons (Fsp3) is 0.514. The number of carbonyl (C=O) groups excluding carboxylic acids is 4. The normalized spacial score (nSPS) is 15.8. The highest BCUT2D eigenvalue weighted by Gasteiger charge is 2.34. The molecule has 7 unspecified atom stereocenters. The number of hydrogen-bond donors (Lipinski definition) is 7. The van der Waals surface area contributed by atoms with Crippen molar-refractivity contribution in [3.8, 4) is 0 Å². The van der Waals surface area contributed by atoms with Gasteiger partial charge in [0.2, 0.25) is 17.7 Å². The molecular weight excluding hydrogens is 604 g/mol. The summed E-state index contributed by atoms with van der Waals surface area (Å²) in [5.74, 6) is -5.01. The van der Waals surface area contributed by atoms with Crippen molar-refractivity contribution in [3.63, 3.8) is 0 Å². The summed E-state index contributed by atoms with van der Waals surface area (Å²) < 4.78 is 0. The number of hydrogen-bond acceptors (Lipinski definition) is 7. The van der Waals surface area contributed by atoms with Crippen molar-refractivity contribution in [1.82, 2.24) is 21.3 Å². The first-order valence-corrected chi connectivity index (χ1v) is 16.0. The number of aliphatic hydroxyl groups excluding tert-OH is 2. The first kappa shape index (κ1) is 38.9. The molecular formula is C35H50N4O8. The molecule has 0 fully saturated rings. The molecule has 0 aliphatic carbocycles. The minimum atomic E-state index is -1.50. The molecule has 0 aliphatic heterocycles. The van der Waals surface area contributed by atoms with E-state index < -0.39 is 84.2 Å². The van der Waals surface area contributed by atoms with Crippen LogP contribution in [0.3, 0.4) is 0 Å². The lowest BCUT2D eigenvalue weighted by Gasteiger charge is -2.30. The van der Waals surface area contributed by atoms with Crippen molar-refractivity contribution in [2.24, 2.45) is 17.8 Å². The third-order valence-corrected chi connectivity index (χ3v) is 8.14. The van der Waals surface area contributed by atoms with Gasteiger partial charge in [-0.3, -0.25) is 19.2 Å². The molecule has 2 rings (SSSR count). The lowest BCUT2D eigenvalue weighted by atomic mass is 9.95. The zero-order chi connectivity index (χ0) is 35.3. The number of rotatable bonds is 18. The number of carboxylic acids is 1. The average molecular weight is 655 g/mol. The molecule has 0 aromatic heterocycles. The Hall–Kier alpha value is -4.29. The van der Waals surface area contributed by atoms with Gasteiger partial charge in [0.1, 0.15) is 18.1 Å². The highest BCUT2D eigenvalue weighted by molar-refractivity contribution is 5.91. The molecule has 0 spiro atoms. The maximum absolute atomic E-state index is 13.6. The molecule has 12 heteroatoms. The molecule has 0 saturated carbocycles. The van der Waals surface area contributed by atoms with Gasteiger partial charge in [0.25, 0.3) is 5.91 Å². The van der Waals surface area contributed by atoms with Crippen molar-refractivity contribution in [3.05, 3.63) is 71.8 Å². The smallest absolute Gasteiger partial charge is 0.326 e. The van der Waals surface area contributed by atoms with E-state index in [4.69, 9.17) is 0 Å². The highest BCUT2D eigenvalue weighted by atomic mass is 16.4. The van der Waals surface area contributed by atoms with Gasteiger partial charge in [-0.2, -0.15) is 0 Å². The van der Waals surface area contributed by atoms with E-state index in [1.54, 1.807) is 89.2 Å². The Morgan fingerprint density at radius 3 is 1.68 bits per heavy atom. The fourth-order valence-electron chi connectivity index (χ4n) is 5.00. The number of amides is 4. The highest BCUT2D eigenvalue weighted by Crippen LogP contribution is 2.16. The van der Waals surface area contributed by atoms with Gasteiger partial charge in [0.05, 0.1) is 18.6 Å². The number of aliphatic hydroxyl groups is 2. The van der Waals surface area contributed by atoms with E-state index >= 15 is 0 Å². The Morgan fingerprint density at radius 2 is 1.17 bits per heavy atom. The van der Waals surface area contributed by atoms with Crippen LogP contribution >= 0.6 is 0 Å². The summed E-state index contributed by atoms with van der Waals surface area (Å²) in [5.41, 5.74) is 1.13. The average Bonchev–Trinajstić information content (AvgIpc) is 3.03. The fourth-order valence-corrected chi connectivity index (χ4v) is 5.00. The van der Waals surface area contributed by atoms with Crippen LogP contribution in [0.15, 0.2) is 60.7 Å². The van der Waals surface area contributed by atoms with E-state index in [2.05, 4.69) is 21.3 Å². The van der Waals surface area contributed by atoms with Gasteiger partial charge in [-0.15, -0.1) is 0 Å². The Morgan fingerprint density at radius 1 is 0.660 bits per heavy atom. The number of carboxylic acid groups (broad SMARTS) is 1. The van der Waals surface area contributed by atoms with Crippen LogP contribution in [0.5, 0.6) is 0 Å². The third kappa shape index (κ3) is 12.1. The molecule has 2 aromatic carbocycles.